The van der Waals surface area contributed by atoms with Crippen LogP contribution in [0.4, 0.5) is 0 Å². The van der Waals surface area contributed by atoms with Crippen molar-refractivity contribution in [1.82, 2.24) is 5.06 Å². The maximum Gasteiger partial charge on any atom is 0.137 e. The highest BCUT2D eigenvalue weighted by atomic mass is 16.6. The third kappa shape index (κ3) is 2.43. The lowest BCUT2D eigenvalue weighted by atomic mass is 10.0. The first-order valence-corrected chi connectivity index (χ1v) is 5.71. The van der Waals surface area contributed by atoms with Gasteiger partial charge in [0, 0.05) is 5.54 Å². The molecule has 1 radical (unpaired) electrons. The van der Waals surface area contributed by atoms with Crippen molar-refractivity contribution in [2.45, 2.75) is 45.1 Å². The van der Waals surface area contributed by atoms with Gasteiger partial charge in [-0.25, -0.2) is 0 Å². The molecule has 1 aromatic rings. The van der Waals surface area contributed by atoms with Gasteiger partial charge < -0.3 is 4.74 Å². The number of hydrogen-bond acceptors (Lipinski definition) is 2. The smallest absolute Gasteiger partial charge is 0.137 e. The average Bonchev–Trinajstić information content (AvgIpc) is 2.54. The summed E-state index contributed by atoms with van der Waals surface area (Å²) in [5, 5.41) is 12.9. The summed E-state index contributed by atoms with van der Waals surface area (Å²) < 4.78 is 5.65. The number of hydroxylamine groups is 2. The molecule has 0 aliphatic carbocycles. The van der Waals surface area contributed by atoms with Crippen LogP contribution in [0.2, 0.25) is 0 Å². The molecule has 1 heterocycles. The Bertz CT molecular complexity index is 337. The maximum absolute atomic E-state index is 11.8. The van der Waals surface area contributed by atoms with E-state index in [4.69, 9.17) is 4.74 Å². The van der Waals surface area contributed by atoms with E-state index in [1.54, 1.807) is 0 Å². The monoisotopic (exact) mass is 220 g/mol. The number of rotatable bonds is 3. The van der Waals surface area contributed by atoms with E-state index >= 15 is 0 Å². The van der Waals surface area contributed by atoms with E-state index in [1.807, 2.05) is 44.2 Å². The van der Waals surface area contributed by atoms with Gasteiger partial charge in [0.05, 0.1) is 6.61 Å². The van der Waals surface area contributed by atoms with Crippen LogP contribution in [0.5, 0.6) is 0 Å². The summed E-state index contributed by atoms with van der Waals surface area (Å²) in [7, 11) is 0. The molecule has 1 fully saturated rings. The minimum atomic E-state index is -0.282. The van der Waals surface area contributed by atoms with E-state index < -0.39 is 0 Å². The van der Waals surface area contributed by atoms with Crippen molar-refractivity contribution >= 4 is 0 Å². The van der Waals surface area contributed by atoms with Crippen LogP contribution < -0.4 is 0 Å². The van der Waals surface area contributed by atoms with Crippen LogP contribution in [0.25, 0.3) is 0 Å². The largest absolute Gasteiger partial charge is 0.356 e. The molecule has 1 saturated heterocycles. The molecule has 0 amide bonds. The first-order valence-electron chi connectivity index (χ1n) is 5.71. The number of benzene rings is 1. The summed E-state index contributed by atoms with van der Waals surface area (Å²) in [6.45, 7) is 4.44. The molecule has 0 spiro atoms. The van der Waals surface area contributed by atoms with Gasteiger partial charge in [0.25, 0.3) is 0 Å². The molecule has 87 valence electrons. The van der Waals surface area contributed by atoms with Gasteiger partial charge in [-0.15, -0.1) is 10.3 Å². The third-order valence-electron chi connectivity index (χ3n) is 3.15. The molecular weight excluding hydrogens is 202 g/mol. The Morgan fingerprint density at radius 1 is 1.38 bits per heavy atom. The predicted octanol–water partition coefficient (Wildman–Crippen LogP) is 2.75. The second kappa shape index (κ2) is 4.53. The van der Waals surface area contributed by atoms with Crippen LogP contribution >= 0.6 is 0 Å². The van der Waals surface area contributed by atoms with Gasteiger partial charge in [0.1, 0.15) is 6.23 Å². The minimum Gasteiger partial charge on any atom is -0.356 e. The van der Waals surface area contributed by atoms with Crippen LogP contribution in [0, 0.1) is 0 Å². The number of nitrogens with zero attached hydrogens (tertiary/aromatic N) is 1. The van der Waals surface area contributed by atoms with E-state index in [0.717, 1.165) is 23.5 Å². The standard InChI is InChI=1S/C13H18NO2/c1-13(2)9-8-12(14(13)15)16-10-11-6-4-3-5-7-11/h3-7,12H,8-10H2,1-2H3. The highest BCUT2D eigenvalue weighted by Crippen LogP contribution is 2.32. The number of hydrogen-bond donors (Lipinski definition) is 0. The van der Waals surface area contributed by atoms with Gasteiger partial charge in [-0.05, 0) is 32.3 Å². The fourth-order valence-corrected chi connectivity index (χ4v) is 2.01. The Balaban J connectivity index is 1.88. The maximum atomic E-state index is 11.8. The molecule has 1 aromatic carbocycles. The van der Waals surface area contributed by atoms with E-state index in [2.05, 4.69) is 0 Å². The normalized spacial score (nSPS) is 24.8. The van der Waals surface area contributed by atoms with E-state index in [-0.39, 0.29) is 11.8 Å². The molecular formula is C13H18NO2. The summed E-state index contributed by atoms with van der Waals surface area (Å²) in [6.07, 6.45) is 1.44. The van der Waals surface area contributed by atoms with Crippen molar-refractivity contribution in [3.05, 3.63) is 35.9 Å². The zero-order valence-corrected chi connectivity index (χ0v) is 9.85. The molecule has 0 bridgehead atoms. The predicted molar refractivity (Wildman–Crippen MR) is 60.9 cm³/mol. The highest BCUT2D eigenvalue weighted by molar-refractivity contribution is 5.13. The SMILES string of the molecule is CC1(C)CCC(OCc2ccccc2)N1[O]. The van der Waals surface area contributed by atoms with Crippen LogP contribution in [-0.4, -0.2) is 16.8 Å². The topological polar surface area (TPSA) is 32.4 Å². The lowest BCUT2D eigenvalue weighted by molar-refractivity contribution is -0.278. The minimum absolute atomic E-state index is 0.276. The Morgan fingerprint density at radius 2 is 2.06 bits per heavy atom. The summed E-state index contributed by atoms with van der Waals surface area (Å²) >= 11 is 0. The molecule has 2 rings (SSSR count). The summed E-state index contributed by atoms with van der Waals surface area (Å²) in [4.78, 5) is 0. The van der Waals surface area contributed by atoms with Crippen LogP contribution in [-0.2, 0) is 16.6 Å². The second-order valence-corrected chi connectivity index (χ2v) is 4.93. The Hall–Kier alpha value is -0.900. The summed E-state index contributed by atoms with van der Waals surface area (Å²) in [6, 6.07) is 9.95. The van der Waals surface area contributed by atoms with Crippen molar-refractivity contribution < 1.29 is 9.94 Å². The molecule has 1 atom stereocenters. The molecule has 16 heavy (non-hydrogen) atoms. The fraction of sp³-hybridized carbons (Fsp3) is 0.538. The first-order chi connectivity index (χ1) is 7.59. The van der Waals surface area contributed by atoms with Crippen molar-refractivity contribution in [3.8, 4) is 0 Å². The molecule has 3 nitrogen and oxygen atoms in total. The zero-order valence-electron chi connectivity index (χ0n) is 9.85. The van der Waals surface area contributed by atoms with Crippen molar-refractivity contribution in [1.29, 1.82) is 0 Å². The van der Waals surface area contributed by atoms with Crippen molar-refractivity contribution in [3.63, 3.8) is 0 Å². The van der Waals surface area contributed by atoms with Crippen molar-refractivity contribution in [2.75, 3.05) is 0 Å². The van der Waals surface area contributed by atoms with E-state index in [1.165, 1.54) is 0 Å². The lowest BCUT2D eigenvalue weighted by Crippen LogP contribution is -2.40. The Kier molecular flexibility index (Phi) is 3.28. The second-order valence-electron chi connectivity index (χ2n) is 4.93. The first kappa shape index (κ1) is 11.6. The van der Waals surface area contributed by atoms with Crippen LogP contribution in [0.15, 0.2) is 30.3 Å². The summed E-state index contributed by atoms with van der Waals surface area (Å²) in [5.74, 6) is 0. The summed E-state index contributed by atoms with van der Waals surface area (Å²) in [5.41, 5.74) is 0.835. The van der Waals surface area contributed by atoms with E-state index in [0.29, 0.717) is 6.61 Å². The average molecular weight is 220 g/mol. The van der Waals surface area contributed by atoms with Gasteiger partial charge in [0.2, 0.25) is 0 Å². The molecule has 1 aliphatic rings. The molecule has 1 aliphatic heterocycles. The van der Waals surface area contributed by atoms with Gasteiger partial charge in [-0.1, -0.05) is 30.3 Å². The Labute approximate surface area is 96.6 Å². The molecule has 1 unspecified atom stereocenters. The molecule has 3 heteroatoms. The highest BCUT2D eigenvalue weighted by Gasteiger charge is 2.40. The quantitative estimate of drug-likeness (QED) is 0.784. The molecule has 0 aromatic heterocycles. The van der Waals surface area contributed by atoms with Gasteiger partial charge in [-0.2, -0.15) is 0 Å². The van der Waals surface area contributed by atoms with Crippen LogP contribution in [0.1, 0.15) is 32.3 Å². The number of ether oxygens (including phenoxy) is 1. The Morgan fingerprint density at radius 3 is 2.62 bits per heavy atom. The van der Waals surface area contributed by atoms with E-state index in [9.17, 15) is 5.21 Å². The zero-order chi connectivity index (χ0) is 11.6. The van der Waals surface area contributed by atoms with Gasteiger partial charge >= 0.3 is 0 Å². The van der Waals surface area contributed by atoms with Crippen molar-refractivity contribution in [2.24, 2.45) is 0 Å². The lowest BCUT2D eigenvalue weighted by Gasteiger charge is -2.26. The van der Waals surface area contributed by atoms with Gasteiger partial charge in [-0.3, -0.25) is 0 Å². The van der Waals surface area contributed by atoms with Crippen LogP contribution in [0.3, 0.4) is 0 Å². The molecule has 0 saturated carbocycles. The molecule has 0 N–H and O–H groups in total. The van der Waals surface area contributed by atoms with Gasteiger partial charge in [0.15, 0.2) is 0 Å². The fourth-order valence-electron chi connectivity index (χ4n) is 2.01. The third-order valence-corrected chi connectivity index (χ3v) is 3.15.